The summed E-state index contributed by atoms with van der Waals surface area (Å²) >= 11 is 0. The first-order chi connectivity index (χ1) is 14.7. The number of nitrogens with zero attached hydrogens (tertiary/aromatic N) is 3. The molecule has 172 valence electrons. The molecule has 0 saturated carbocycles. The molecule has 3 heterocycles. The Hall–Kier alpha value is -1.14. The van der Waals surface area contributed by atoms with E-state index >= 15 is 0 Å². The fraction of sp³-hybridized carbons (Fsp3) is 0.917. The van der Waals surface area contributed by atoms with E-state index in [1.807, 2.05) is 4.90 Å². The first-order valence-electron chi connectivity index (χ1n) is 12.6. The lowest BCUT2D eigenvalue weighted by molar-refractivity contribution is -0.141. The van der Waals surface area contributed by atoms with E-state index in [2.05, 4.69) is 16.7 Å². The van der Waals surface area contributed by atoms with Gasteiger partial charge in [-0.25, -0.2) is 0 Å². The van der Waals surface area contributed by atoms with Crippen LogP contribution in [0.25, 0.3) is 0 Å². The van der Waals surface area contributed by atoms with E-state index in [9.17, 15) is 9.59 Å². The van der Waals surface area contributed by atoms with E-state index in [1.54, 1.807) is 0 Å². The van der Waals surface area contributed by atoms with E-state index in [0.717, 1.165) is 77.8 Å². The summed E-state index contributed by atoms with van der Waals surface area (Å²) in [5.41, 5.74) is 0. The van der Waals surface area contributed by atoms with Crippen molar-refractivity contribution >= 4 is 11.8 Å². The maximum absolute atomic E-state index is 12.7. The summed E-state index contributed by atoms with van der Waals surface area (Å²) in [5.74, 6) is 0.894. The highest BCUT2D eigenvalue weighted by Gasteiger charge is 2.33. The quantitative estimate of drug-likeness (QED) is 0.536. The van der Waals surface area contributed by atoms with Crippen LogP contribution >= 0.6 is 0 Å². The summed E-state index contributed by atoms with van der Waals surface area (Å²) < 4.78 is 5.37. The van der Waals surface area contributed by atoms with Crippen LogP contribution in [0, 0.1) is 5.92 Å². The zero-order valence-corrected chi connectivity index (χ0v) is 19.2. The SMILES string of the molecule is CCCCCCCCC(=O)N1CCC(N2CCC(C(=O)N3CCOCC3)CC2)CC1. The maximum atomic E-state index is 12.7. The molecule has 0 aliphatic carbocycles. The minimum atomic E-state index is 0.193. The molecule has 0 aromatic heterocycles. The highest BCUT2D eigenvalue weighted by atomic mass is 16.5. The van der Waals surface area contributed by atoms with Gasteiger partial charge in [0.25, 0.3) is 0 Å². The van der Waals surface area contributed by atoms with Crippen LogP contribution in [0.3, 0.4) is 0 Å². The van der Waals surface area contributed by atoms with Gasteiger partial charge in [-0.2, -0.15) is 0 Å². The zero-order chi connectivity index (χ0) is 21.2. The molecule has 0 aromatic carbocycles. The van der Waals surface area contributed by atoms with Gasteiger partial charge in [-0.05, 0) is 45.2 Å². The zero-order valence-electron chi connectivity index (χ0n) is 19.2. The highest BCUT2D eigenvalue weighted by molar-refractivity contribution is 5.79. The molecule has 3 saturated heterocycles. The molecule has 0 unspecified atom stereocenters. The van der Waals surface area contributed by atoms with E-state index in [1.165, 1.54) is 32.1 Å². The second-order valence-electron chi connectivity index (χ2n) is 9.38. The number of likely N-dealkylation sites (tertiary alicyclic amines) is 2. The van der Waals surface area contributed by atoms with E-state index in [-0.39, 0.29) is 5.92 Å². The van der Waals surface area contributed by atoms with E-state index in [4.69, 9.17) is 4.74 Å². The van der Waals surface area contributed by atoms with Crippen molar-refractivity contribution in [2.24, 2.45) is 5.92 Å². The monoisotopic (exact) mass is 421 g/mol. The number of amides is 2. The molecule has 0 N–H and O–H groups in total. The standard InChI is InChI=1S/C24H43N3O3/c1-2-3-4-5-6-7-8-23(28)26-15-11-22(12-16-26)25-13-9-21(10-14-25)24(29)27-17-19-30-20-18-27/h21-22H,2-20H2,1H3. The Balaban J connectivity index is 1.30. The fourth-order valence-electron chi connectivity index (χ4n) is 5.25. The molecular formula is C24H43N3O3. The predicted octanol–water partition coefficient (Wildman–Crippen LogP) is 3.30. The van der Waals surface area contributed by atoms with Crippen LogP contribution in [0.1, 0.15) is 77.6 Å². The van der Waals surface area contributed by atoms with Crippen LogP contribution in [-0.4, -0.2) is 85.0 Å². The number of piperidine rings is 2. The van der Waals surface area contributed by atoms with Crippen molar-refractivity contribution < 1.29 is 14.3 Å². The van der Waals surface area contributed by atoms with Crippen LogP contribution in [0.5, 0.6) is 0 Å². The number of unbranched alkanes of at least 4 members (excludes halogenated alkanes) is 5. The molecule has 6 heteroatoms. The Kier molecular flexibility index (Phi) is 9.92. The first kappa shape index (κ1) is 23.5. The highest BCUT2D eigenvalue weighted by Crippen LogP contribution is 2.26. The minimum absolute atomic E-state index is 0.193. The number of hydrogen-bond donors (Lipinski definition) is 0. The van der Waals surface area contributed by atoms with Gasteiger partial charge in [0.15, 0.2) is 0 Å². The van der Waals surface area contributed by atoms with Gasteiger partial charge in [0.1, 0.15) is 0 Å². The smallest absolute Gasteiger partial charge is 0.225 e. The third kappa shape index (κ3) is 6.94. The van der Waals surface area contributed by atoms with Gasteiger partial charge in [0.2, 0.25) is 11.8 Å². The average molecular weight is 422 g/mol. The molecule has 30 heavy (non-hydrogen) atoms. The van der Waals surface area contributed by atoms with Crippen molar-refractivity contribution in [3.05, 3.63) is 0 Å². The molecule has 3 fully saturated rings. The molecular weight excluding hydrogens is 378 g/mol. The molecule has 6 nitrogen and oxygen atoms in total. The lowest BCUT2D eigenvalue weighted by atomic mass is 9.92. The van der Waals surface area contributed by atoms with Crippen molar-refractivity contribution in [1.82, 2.24) is 14.7 Å². The molecule has 3 aliphatic heterocycles. The second-order valence-corrected chi connectivity index (χ2v) is 9.38. The average Bonchev–Trinajstić information content (AvgIpc) is 2.81. The Morgan fingerprint density at radius 1 is 0.767 bits per heavy atom. The molecule has 0 aromatic rings. The van der Waals surface area contributed by atoms with Gasteiger partial charge >= 0.3 is 0 Å². The molecule has 0 radical (unpaired) electrons. The number of rotatable bonds is 9. The minimum Gasteiger partial charge on any atom is -0.378 e. The van der Waals surface area contributed by atoms with Crippen molar-refractivity contribution in [2.45, 2.75) is 83.6 Å². The van der Waals surface area contributed by atoms with Crippen LogP contribution in [0.2, 0.25) is 0 Å². The van der Waals surface area contributed by atoms with Crippen LogP contribution in [0.15, 0.2) is 0 Å². The summed E-state index contributed by atoms with van der Waals surface area (Å²) in [6.45, 7) is 8.97. The fourth-order valence-corrected chi connectivity index (χ4v) is 5.25. The summed E-state index contributed by atoms with van der Waals surface area (Å²) in [4.78, 5) is 31.9. The molecule has 2 amide bonds. The number of carbonyl (C=O) groups is 2. The van der Waals surface area contributed by atoms with Gasteiger partial charge in [-0.3, -0.25) is 9.59 Å². The maximum Gasteiger partial charge on any atom is 0.225 e. The Morgan fingerprint density at radius 2 is 1.40 bits per heavy atom. The topological polar surface area (TPSA) is 53.1 Å². The van der Waals surface area contributed by atoms with E-state index in [0.29, 0.717) is 31.1 Å². The summed E-state index contributed by atoms with van der Waals surface area (Å²) in [5, 5.41) is 0. The lowest BCUT2D eigenvalue weighted by Gasteiger charge is -2.42. The Labute approximate surface area is 183 Å². The summed E-state index contributed by atoms with van der Waals surface area (Å²) in [6, 6.07) is 0.586. The third-order valence-electron chi connectivity index (χ3n) is 7.28. The Morgan fingerprint density at radius 3 is 2.07 bits per heavy atom. The molecule has 3 aliphatic rings. The van der Waals surface area contributed by atoms with E-state index < -0.39 is 0 Å². The Bertz CT molecular complexity index is 520. The van der Waals surface area contributed by atoms with Crippen molar-refractivity contribution in [3.63, 3.8) is 0 Å². The van der Waals surface area contributed by atoms with Crippen molar-refractivity contribution in [1.29, 1.82) is 0 Å². The van der Waals surface area contributed by atoms with Gasteiger partial charge < -0.3 is 19.4 Å². The normalized spacial score (nSPS) is 22.4. The van der Waals surface area contributed by atoms with Crippen molar-refractivity contribution in [2.75, 3.05) is 52.5 Å². The molecule has 3 rings (SSSR count). The number of hydrogen-bond acceptors (Lipinski definition) is 4. The van der Waals surface area contributed by atoms with Gasteiger partial charge in [0, 0.05) is 44.6 Å². The van der Waals surface area contributed by atoms with Gasteiger partial charge in [0.05, 0.1) is 13.2 Å². The molecule has 0 spiro atoms. The number of ether oxygens (including phenoxy) is 1. The number of carbonyl (C=O) groups excluding carboxylic acids is 2. The van der Waals surface area contributed by atoms with Gasteiger partial charge in [-0.1, -0.05) is 39.0 Å². The molecule has 0 bridgehead atoms. The van der Waals surface area contributed by atoms with Gasteiger partial charge in [-0.15, -0.1) is 0 Å². The summed E-state index contributed by atoms with van der Waals surface area (Å²) in [6.07, 6.45) is 12.3. The third-order valence-corrected chi connectivity index (χ3v) is 7.28. The second kappa shape index (κ2) is 12.7. The van der Waals surface area contributed by atoms with Crippen LogP contribution in [-0.2, 0) is 14.3 Å². The van der Waals surface area contributed by atoms with Crippen LogP contribution in [0.4, 0.5) is 0 Å². The van der Waals surface area contributed by atoms with Crippen LogP contribution < -0.4 is 0 Å². The van der Waals surface area contributed by atoms with Crippen molar-refractivity contribution in [3.8, 4) is 0 Å². The number of morpholine rings is 1. The first-order valence-corrected chi connectivity index (χ1v) is 12.6. The lowest BCUT2D eigenvalue weighted by Crippen LogP contribution is -2.51. The molecule has 0 atom stereocenters. The predicted molar refractivity (Wildman–Crippen MR) is 119 cm³/mol. The largest absolute Gasteiger partial charge is 0.378 e. The summed E-state index contributed by atoms with van der Waals surface area (Å²) in [7, 11) is 0.